The molecule has 13 heteroatoms. The van der Waals surface area contributed by atoms with Crippen LogP contribution in [0.15, 0.2) is 64.4 Å². The van der Waals surface area contributed by atoms with Crippen molar-refractivity contribution < 1.29 is 35.2 Å². The number of hydrogen-bond acceptors (Lipinski definition) is 4. The van der Waals surface area contributed by atoms with Gasteiger partial charge in [0.25, 0.3) is 5.56 Å². The molecule has 0 bridgehead atoms. The molecule has 1 saturated carbocycles. The van der Waals surface area contributed by atoms with Crippen molar-refractivity contribution in [2.75, 3.05) is 11.4 Å². The van der Waals surface area contributed by atoms with Crippen molar-refractivity contribution in [3.63, 3.8) is 0 Å². The van der Waals surface area contributed by atoms with Crippen molar-refractivity contribution >= 4 is 32.4 Å². The van der Waals surface area contributed by atoms with Gasteiger partial charge in [0.2, 0.25) is 21.7 Å². The van der Waals surface area contributed by atoms with E-state index in [1.165, 1.54) is 35.2 Å². The number of aromatic nitrogens is 1. The highest BCUT2D eigenvalue weighted by Crippen LogP contribution is 2.36. The van der Waals surface area contributed by atoms with Gasteiger partial charge in [-0.15, -0.1) is 0 Å². The number of fused-ring (bicyclic) bond motifs is 1. The van der Waals surface area contributed by atoms with Crippen molar-refractivity contribution in [3.05, 3.63) is 105 Å². The van der Waals surface area contributed by atoms with Crippen LogP contribution in [0.5, 0.6) is 0 Å². The standard InChI is InChI=1S/C32H28F5N3O4S/c33-25-26(34)28(36)30(29(37)27(25)35)45(43,44)40-15-13-24(40)32(42)39(22-10-11-23-21(16-22)12-14-38-31(23)41)17-18-6-8-20(9-7-18)19-4-2-1-3-5-19/h6-12,14,16,19,24H,1-5,13,15,17H2,(H,38,41)/t24-/m1/s1. The number of pyridine rings is 1. The van der Waals surface area contributed by atoms with Gasteiger partial charge in [-0.25, -0.2) is 30.4 Å². The third kappa shape index (κ3) is 5.52. The van der Waals surface area contributed by atoms with Crippen LogP contribution in [0.3, 0.4) is 0 Å². The molecule has 1 aromatic heterocycles. The van der Waals surface area contributed by atoms with E-state index in [0.717, 1.165) is 25.7 Å². The molecule has 1 aliphatic carbocycles. The molecular formula is C32H28F5N3O4S. The molecule has 4 aromatic rings. The predicted molar refractivity (Wildman–Crippen MR) is 157 cm³/mol. The van der Waals surface area contributed by atoms with Crippen LogP contribution in [0, 0.1) is 29.1 Å². The SMILES string of the molecule is O=C([C@H]1CCN1S(=O)(=O)c1c(F)c(F)c(F)c(F)c1F)N(Cc1ccc(C2CCCCC2)cc1)c1ccc2c(=O)[nH]ccc2c1. The number of carbonyl (C=O) groups is 1. The zero-order valence-electron chi connectivity index (χ0n) is 23.8. The first kappa shape index (κ1) is 30.9. The number of nitrogens with one attached hydrogen (secondary N) is 1. The number of anilines is 1. The number of nitrogens with zero attached hydrogens (tertiary/aromatic N) is 2. The van der Waals surface area contributed by atoms with Crippen molar-refractivity contribution in [3.8, 4) is 0 Å². The molecule has 1 N–H and O–H groups in total. The summed E-state index contributed by atoms with van der Waals surface area (Å²) in [7, 11) is -5.32. The molecule has 0 unspecified atom stereocenters. The fourth-order valence-electron chi connectivity index (χ4n) is 6.16. The number of aromatic amines is 1. The molecule has 2 aliphatic rings. The van der Waals surface area contributed by atoms with Crippen LogP contribution in [-0.4, -0.2) is 36.2 Å². The van der Waals surface area contributed by atoms with Gasteiger partial charge in [-0.2, -0.15) is 4.31 Å². The Kier molecular flexibility index (Phi) is 8.25. The molecule has 6 rings (SSSR count). The Hall–Kier alpha value is -4.10. The first-order chi connectivity index (χ1) is 21.5. The fraction of sp³-hybridized carbons (Fsp3) is 0.312. The number of sulfonamides is 1. The molecule has 2 heterocycles. The van der Waals surface area contributed by atoms with Gasteiger partial charge < -0.3 is 9.88 Å². The van der Waals surface area contributed by atoms with Crippen LogP contribution in [0.25, 0.3) is 10.8 Å². The van der Waals surface area contributed by atoms with E-state index < -0.39 is 56.0 Å². The smallest absolute Gasteiger partial charge is 0.255 e. The highest BCUT2D eigenvalue weighted by molar-refractivity contribution is 7.89. The van der Waals surface area contributed by atoms with Gasteiger partial charge in [0.1, 0.15) is 6.04 Å². The highest BCUT2D eigenvalue weighted by Gasteiger charge is 2.48. The minimum Gasteiger partial charge on any atom is -0.329 e. The van der Waals surface area contributed by atoms with Gasteiger partial charge in [0.05, 0.1) is 6.54 Å². The lowest BCUT2D eigenvalue weighted by Gasteiger charge is -2.41. The number of hydrogen-bond donors (Lipinski definition) is 1. The van der Waals surface area contributed by atoms with Crippen LogP contribution in [0.2, 0.25) is 0 Å². The van der Waals surface area contributed by atoms with Crippen LogP contribution >= 0.6 is 0 Å². The lowest BCUT2D eigenvalue weighted by molar-refractivity contribution is -0.125. The Morgan fingerprint density at radius 1 is 0.844 bits per heavy atom. The zero-order chi connectivity index (χ0) is 32.0. The Bertz CT molecular complexity index is 1930. The Morgan fingerprint density at radius 2 is 1.49 bits per heavy atom. The number of halogens is 5. The lowest BCUT2D eigenvalue weighted by atomic mass is 9.84. The summed E-state index contributed by atoms with van der Waals surface area (Å²) in [5.74, 6) is -12.6. The molecule has 7 nitrogen and oxygen atoms in total. The van der Waals surface area contributed by atoms with Gasteiger partial charge in [0, 0.05) is 23.8 Å². The second-order valence-corrected chi connectivity index (χ2v) is 13.2. The second-order valence-electron chi connectivity index (χ2n) is 11.4. The average Bonchev–Trinajstić information content (AvgIpc) is 3.01. The van der Waals surface area contributed by atoms with Gasteiger partial charge in [-0.1, -0.05) is 43.5 Å². The Morgan fingerprint density at radius 3 is 2.11 bits per heavy atom. The van der Waals surface area contributed by atoms with E-state index in [2.05, 4.69) is 4.98 Å². The summed E-state index contributed by atoms with van der Waals surface area (Å²) in [6.07, 6.45) is 7.09. The van der Waals surface area contributed by atoms with Crippen molar-refractivity contribution in [2.24, 2.45) is 0 Å². The maximum absolute atomic E-state index is 14.6. The van der Waals surface area contributed by atoms with Crippen LogP contribution in [-0.2, 0) is 21.4 Å². The summed E-state index contributed by atoms with van der Waals surface area (Å²) in [4.78, 5) is 28.2. The van der Waals surface area contributed by atoms with Gasteiger partial charge in [0.15, 0.2) is 28.2 Å². The van der Waals surface area contributed by atoms with Gasteiger partial charge in [-0.3, -0.25) is 9.59 Å². The van der Waals surface area contributed by atoms with E-state index in [4.69, 9.17) is 0 Å². The normalized spacial score (nSPS) is 17.8. The average molecular weight is 646 g/mol. The number of amides is 1. The number of H-pyrrole nitrogens is 1. The van der Waals surface area contributed by atoms with E-state index in [0.29, 0.717) is 32.2 Å². The topological polar surface area (TPSA) is 90.6 Å². The molecule has 1 amide bonds. The maximum Gasteiger partial charge on any atom is 0.255 e. The summed E-state index contributed by atoms with van der Waals surface area (Å²) >= 11 is 0. The maximum atomic E-state index is 14.6. The summed E-state index contributed by atoms with van der Waals surface area (Å²) in [5, 5.41) is 0.853. The molecule has 0 spiro atoms. The van der Waals surface area contributed by atoms with E-state index in [1.54, 1.807) is 12.1 Å². The highest BCUT2D eigenvalue weighted by atomic mass is 32.2. The largest absolute Gasteiger partial charge is 0.329 e. The Labute approximate surface area is 255 Å². The summed E-state index contributed by atoms with van der Waals surface area (Å²) < 4.78 is 97.6. The summed E-state index contributed by atoms with van der Waals surface area (Å²) in [6, 6.07) is 12.5. The molecule has 1 aliphatic heterocycles. The van der Waals surface area contributed by atoms with Crippen LogP contribution in [0.1, 0.15) is 55.6 Å². The van der Waals surface area contributed by atoms with Crippen LogP contribution in [0.4, 0.5) is 27.6 Å². The van der Waals surface area contributed by atoms with Crippen molar-refractivity contribution in [1.82, 2.24) is 9.29 Å². The third-order valence-electron chi connectivity index (χ3n) is 8.72. The minimum atomic E-state index is -5.32. The monoisotopic (exact) mass is 645 g/mol. The lowest BCUT2D eigenvalue weighted by Crippen LogP contribution is -2.59. The second kappa shape index (κ2) is 12.0. The summed E-state index contributed by atoms with van der Waals surface area (Å²) in [6.45, 7) is -0.402. The molecule has 1 atom stereocenters. The molecule has 0 radical (unpaired) electrons. The van der Waals surface area contributed by atoms with E-state index >= 15 is 0 Å². The molecule has 236 valence electrons. The molecule has 3 aromatic carbocycles. The number of rotatable bonds is 7. The van der Waals surface area contributed by atoms with E-state index in [9.17, 15) is 40.0 Å². The quantitative estimate of drug-likeness (QED) is 0.146. The number of benzene rings is 3. The van der Waals surface area contributed by atoms with Crippen molar-refractivity contribution in [1.29, 1.82) is 0 Å². The minimum absolute atomic E-state index is 0.0224. The fourth-order valence-corrected chi connectivity index (χ4v) is 7.91. The van der Waals surface area contributed by atoms with E-state index in [-0.39, 0.29) is 25.1 Å². The van der Waals surface area contributed by atoms with Gasteiger partial charge >= 0.3 is 0 Å². The molecule has 2 fully saturated rings. The first-order valence-corrected chi connectivity index (χ1v) is 16.0. The summed E-state index contributed by atoms with van der Waals surface area (Å²) in [5.41, 5.74) is 1.85. The molecule has 1 saturated heterocycles. The van der Waals surface area contributed by atoms with Crippen molar-refractivity contribution in [2.45, 2.75) is 61.9 Å². The molecule has 45 heavy (non-hydrogen) atoms. The predicted octanol–water partition coefficient (Wildman–Crippen LogP) is 6.27. The Balaban J connectivity index is 1.35. The number of carbonyl (C=O) groups excluding carboxylic acids is 1. The zero-order valence-corrected chi connectivity index (χ0v) is 24.6. The first-order valence-electron chi connectivity index (χ1n) is 14.5. The molecular weight excluding hydrogens is 617 g/mol. The third-order valence-corrected chi connectivity index (χ3v) is 10.7. The van der Waals surface area contributed by atoms with Gasteiger partial charge in [-0.05, 0) is 66.0 Å². The van der Waals surface area contributed by atoms with E-state index in [1.807, 2.05) is 24.3 Å². The van der Waals surface area contributed by atoms with Crippen LogP contribution < -0.4 is 10.5 Å².